The topological polar surface area (TPSA) is 73.3 Å². The lowest BCUT2D eigenvalue weighted by Gasteiger charge is -2.10. The molecule has 3 aromatic heterocycles. The first-order valence-electron chi connectivity index (χ1n) is 8.62. The lowest BCUT2D eigenvalue weighted by molar-refractivity contribution is -0.140. The molecular weight excluding hydrogens is 407 g/mol. The van der Waals surface area contributed by atoms with Gasteiger partial charge in [0.2, 0.25) is 5.88 Å². The zero-order valence-corrected chi connectivity index (χ0v) is 16.5. The molecule has 0 aliphatic rings. The van der Waals surface area contributed by atoms with Crippen LogP contribution in [0.15, 0.2) is 30.5 Å². The fourth-order valence-corrected chi connectivity index (χ4v) is 3.74. The molecule has 0 aliphatic carbocycles. The van der Waals surface area contributed by atoms with Crippen molar-refractivity contribution in [1.29, 1.82) is 0 Å². The number of methoxy groups -OCH3 is 1. The van der Waals surface area contributed by atoms with Crippen LogP contribution in [-0.4, -0.2) is 36.2 Å². The van der Waals surface area contributed by atoms with Crippen molar-refractivity contribution in [2.75, 3.05) is 20.3 Å². The molecule has 3 aromatic rings. The van der Waals surface area contributed by atoms with Gasteiger partial charge < -0.3 is 14.8 Å². The van der Waals surface area contributed by atoms with Crippen molar-refractivity contribution in [1.82, 2.24) is 15.3 Å². The number of fused-ring (bicyclic) bond motifs is 1. The summed E-state index contributed by atoms with van der Waals surface area (Å²) in [6.07, 6.45) is -2.96. The number of thiophene rings is 1. The first-order chi connectivity index (χ1) is 13.8. The Morgan fingerprint density at radius 3 is 2.76 bits per heavy atom. The van der Waals surface area contributed by atoms with Crippen LogP contribution in [0, 0.1) is 6.92 Å². The maximum Gasteiger partial charge on any atom is 0.433 e. The van der Waals surface area contributed by atoms with Gasteiger partial charge in [-0.3, -0.25) is 4.79 Å². The molecule has 3 heterocycles. The number of alkyl halides is 3. The zero-order chi connectivity index (χ0) is 21.0. The standard InChI is InChI=1S/C19H18F3N3O3S/c1-11-13-5-6-14(19(20,21)22)25-18(13)29-15(11)16(26)24-10-12-4-3-7-23-17(12)28-9-8-27-2/h3-7H,8-10H2,1-2H3,(H,24,26). The number of nitrogens with one attached hydrogen (secondary N) is 1. The number of halogens is 3. The van der Waals surface area contributed by atoms with Crippen molar-refractivity contribution >= 4 is 27.5 Å². The van der Waals surface area contributed by atoms with E-state index < -0.39 is 17.8 Å². The van der Waals surface area contributed by atoms with E-state index in [-0.39, 0.29) is 11.4 Å². The van der Waals surface area contributed by atoms with Crippen LogP contribution in [0.4, 0.5) is 13.2 Å². The number of aryl methyl sites for hydroxylation is 1. The minimum absolute atomic E-state index is 0.157. The monoisotopic (exact) mass is 425 g/mol. The fourth-order valence-electron chi connectivity index (χ4n) is 2.64. The minimum Gasteiger partial charge on any atom is -0.475 e. The first-order valence-corrected chi connectivity index (χ1v) is 9.44. The molecule has 0 radical (unpaired) electrons. The molecule has 29 heavy (non-hydrogen) atoms. The molecule has 0 unspecified atom stereocenters. The van der Waals surface area contributed by atoms with Gasteiger partial charge in [-0.15, -0.1) is 11.3 Å². The van der Waals surface area contributed by atoms with Crippen molar-refractivity contribution < 1.29 is 27.4 Å². The van der Waals surface area contributed by atoms with E-state index in [1.807, 2.05) is 0 Å². The fraction of sp³-hybridized carbons (Fsp3) is 0.316. The number of ether oxygens (including phenoxy) is 2. The predicted octanol–water partition coefficient (Wildman–Crippen LogP) is 3.97. The van der Waals surface area contributed by atoms with Crippen LogP contribution in [-0.2, 0) is 17.5 Å². The predicted molar refractivity (Wildman–Crippen MR) is 102 cm³/mol. The third-order valence-electron chi connectivity index (χ3n) is 4.12. The van der Waals surface area contributed by atoms with Gasteiger partial charge in [-0.05, 0) is 30.7 Å². The van der Waals surface area contributed by atoms with Gasteiger partial charge in [-0.2, -0.15) is 13.2 Å². The van der Waals surface area contributed by atoms with E-state index in [2.05, 4.69) is 15.3 Å². The van der Waals surface area contributed by atoms with Gasteiger partial charge in [-0.1, -0.05) is 6.07 Å². The largest absolute Gasteiger partial charge is 0.475 e. The van der Waals surface area contributed by atoms with E-state index >= 15 is 0 Å². The number of rotatable bonds is 7. The Hall–Kier alpha value is -2.72. The summed E-state index contributed by atoms with van der Waals surface area (Å²) in [5.74, 6) is -0.0137. The van der Waals surface area contributed by atoms with Crippen LogP contribution in [0.1, 0.15) is 26.5 Å². The number of pyridine rings is 2. The number of carbonyl (C=O) groups excluding carboxylic acids is 1. The van der Waals surface area contributed by atoms with E-state index in [1.54, 1.807) is 32.4 Å². The third kappa shape index (κ3) is 4.83. The van der Waals surface area contributed by atoms with E-state index in [0.29, 0.717) is 40.5 Å². The Kier molecular flexibility index (Phi) is 6.33. The van der Waals surface area contributed by atoms with Crippen LogP contribution in [0.5, 0.6) is 5.88 Å². The molecule has 3 rings (SSSR count). The van der Waals surface area contributed by atoms with Gasteiger partial charge in [0.25, 0.3) is 5.91 Å². The molecule has 0 aromatic carbocycles. The summed E-state index contributed by atoms with van der Waals surface area (Å²) in [6, 6.07) is 5.75. The van der Waals surface area contributed by atoms with E-state index in [4.69, 9.17) is 9.47 Å². The SMILES string of the molecule is COCCOc1ncccc1CNC(=O)c1sc2nc(C(F)(F)F)ccc2c1C. The average molecular weight is 425 g/mol. The number of hydrogen-bond donors (Lipinski definition) is 1. The number of hydrogen-bond acceptors (Lipinski definition) is 6. The van der Waals surface area contributed by atoms with Gasteiger partial charge >= 0.3 is 6.18 Å². The normalized spacial score (nSPS) is 11.6. The molecule has 0 saturated heterocycles. The van der Waals surface area contributed by atoms with Crippen molar-refractivity contribution in [3.63, 3.8) is 0 Å². The number of amides is 1. The molecule has 0 saturated carbocycles. The highest BCUT2D eigenvalue weighted by Crippen LogP contribution is 2.34. The number of aromatic nitrogens is 2. The molecule has 0 aliphatic heterocycles. The van der Waals surface area contributed by atoms with E-state index in [0.717, 1.165) is 17.4 Å². The summed E-state index contributed by atoms with van der Waals surface area (Å²) in [5, 5.41) is 3.29. The molecule has 0 fully saturated rings. The van der Waals surface area contributed by atoms with Crippen LogP contribution in [0.25, 0.3) is 10.2 Å². The Bertz CT molecular complexity index is 1020. The van der Waals surface area contributed by atoms with E-state index in [9.17, 15) is 18.0 Å². The number of nitrogens with zero attached hydrogens (tertiary/aromatic N) is 2. The molecule has 0 bridgehead atoms. The maximum atomic E-state index is 12.9. The average Bonchev–Trinajstić information content (AvgIpc) is 3.03. The van der Waals surface area contributed by atoms with Gasteiger partial charge in [0.05, 0.1) is 11.5 Å². The lowest BCUT2D eigenvalue weighted by Crippen LogP contribution is -2.23. The zero-order valence-electron chi connectivity index (χ0n) is 15.7. The number of carbonyl (C=O) groups is 1. The van der Waals surface area contributed by atoms with Crippen LogP contribution in [0.2, 0.25) is 0 Å². The van der Waals surface area contributed by atoms with Crippen LogP contribution >= 0.6 is 11.3 Å². The highest BCUT2D eigenvalue weighted by atomic mass is 32.1. The molecule has 1 amide bonds. The molecule has 6 nitrogen and oxygen atoms in total. The van der Waals surface area contributed by atoms with Crippen molar-refractivity contribution in [3.05, 3.63) is 52.2 Å². The van der Waals surface area contributed by atoms with Gasteiger partial charge in [-0.25, -0.2) is 9.97 Å². The molecule has 154 valence electrons. The molecule has 0 spiro atoms. The third-order valence-corrected chi connectivity index (χ3v) is 5.32. The highest BCUT2D eigenvalue weighted by Gasteiger charge is 2.33. The first kappa shape index (κ1) is 21.0. The maximum absolute atomic E-state index is 12.9. The summed E-state index contributed by atoms with van der Waals surface area (Å²) in [4.78, 5) is 20.9. The van der Waals surface area contributed by atoms with Crippen molar-refractivity contribution in [2.24, 2.45) is 0 Å². The van der Waals surface area contributed by atoms with Crippen LogP contribution < -0.4 is 10.1 Å². The quantitative estimate of drug-likeness (QED) is 0.580. The second kappa shape index (κ2) is 8.75. The minimum atomic E-state index is -4.53. The molecular formula is C19H18F3N3O3S. The Balaban J connectivity index is 1.76. The highest BCUT2D eigenvalue weighted by molar-refractivity contribution is 7.20. The van der Waals surface area contributed by atoms with Crippen molar-refractivity contribution in [2.45, 2.75) is 19.6 Å². The smallest absolute Gasteiger partial charge is 0.433 e. The molecule has 10 heteroatoms. The van der Waals surface area contributed by atoms with Gasteiger partial charge in [0.1, 0.15) is 17.1 Å². The second-order valence-corrected chi connectivity index (χ2v) is 7.09. The van der Waals surface area contributed by atoms with E-state index in [1.165, 1.54) is 6.07 Å². The molecule has 1 N–H and O–H groups in total. The van der Waals surface area contributed by atoms with Crippen molar-refractivity contribution in [3.8, 4) is 5.88 Å². The Morgan fingerprint density at radius 2 is 2.03 bits per heavy atom. The summed E-state index contributed by atoms with van der Waals surface area (Å²) in [7, 11) is 1.56. The lowest BCUT2D eigenvalue weighted by atomic mass is 10.1. The van der Waals surface area contributed by atoms with Gasteiger partial charge in [0, 0.05) is 30.8 Å². The summed E-state index contributed by atoms with van der Waals surface area (Å²) >= 11 is 0.932. The summed E-state index contributed by atoms with van der Waals surface area (Å²) in [5.41, 5.74) is 0.283. The Labute approximate surface area is 168 Å². The molecule has 0 atom stereocenters. The van der Waals surface area contributed by atoms with Gasteiger partial charge in [0.15, 0.2) is 0 Å². The second-order valence-electron chi connectivity index (χ2n) is 6.09. The summed E-state index contributed by atoms with van der Waals surface area (Å²) < 4.78 is 49.1. The summed E-state index contributed by atoms with van der Waals surface area (Å²) in [6.45, 7) is 2.56. The Morgan fingerprint density at radius 1 is 1.24 bits per heavy atom. The van der Waals surface area contributed by atoms with Crippen LogP contribution in [0.3, 0.4) is 0 Å².